The van der Waals surface area contributed by atoms with Crippen LogP contribution in [0.25, 0.3) is 6.08 Å². The Kier molecular flexibility index (Phi) is 6.55. The molecule has 0 bridgehead atoms. The zero-order valence-corrected chi connectivity index (χ0v) is 15.4. The van der Waals surface area contributed by atoms with Crippen LogP contribution in [0.5, 0.6) is 0 Å². The molecule has 0 aromatic heterocycles. The van der Waals surface area contributed by atoms with Gasteiger partial charge in [-0.2, -0.15) is 0 Å². The van der Waals surface area contributed by atoms with Crippen LogP contribution in [0.15, 0.2) is 30.5 Å². The molecule has 0 saturated carbocycles. The van der Waals surface area contributed by atoms with Crippen molar-refractivity contribution in [2.24, 2.45) is 11.8 Å². The van der Waals surface area contributed by atoms with E-state index in [1.807, 2.05) is 44.2 Å². The molecule has 0 radical (unpaired) electrons. The largest absolute Gasteiger partial charge is 0.481 e. The summed E-state index contributed by atoms with van der Waals surface area (Å²) in [5.41, 5.74) is 1.89. The van der Waals surface area contributed by atoms with Gasteiger partial charge in [0.15, 0.2) is 0 Å². The summed E-state index contributed by atoms with van der Waals surface area (Å²) in [6.07, 6.45) is 4.15. The first-order valence-corrected chi connectivity index (χ1v) is 8.85. The number of fused-ring (bicyclic) bond motifs is 1. The molecule has 0 unspecified atom stereocenters. The third kappa shape index (κ3) is 4.94. The maximum atomic E-state index is 12.4. The normalized spacial score (nSPS) is 16.9. The highest BCUT2D eigenvalue weighted by molar-refractivity contribution is 5.82. The van der Waals surface area contributed by atoms with E-state index in [1.54, 1.807) is 11.1 Å². The fourth-order valence-electron chi connectivity index (χ4n) is 3.24. The summed E-state index contributed by atoms with van der Waals surface area (Å²) in [5, 5.41) is 12.0. The van der Waals surface area contributed by atoms with E-state index in [4.69, 9.17) is 0 Å². The van der Waals surface area contributed by atoms with Crippen molar-refractivity contribution in [1.82, 2.24) is 10.2 Å². The van der Waals surface area contributed by atoms with Crippen LogP contribution in [0.4, 0.5) is 0 Å². The van der Waals surface area contributed by atoms with E-state index in [9.17, 15) is 19.5 Å². The van der Waals surface area contributed by atoms with Crippen LogP contribution >= 0.6 is 0 Å². The summed E-state index contributed by atoms with van der Waals surface area (Å²) in [4.78, 5) is 37.3. The van der Waals surface area contributed by atoms with Gasteiger partial charge in [-0.05, 0) is 29.5 Å². The highest BCUT2D eigenvalue weighted by Gasteiger charge is 2.28. The molecule has 2 atom stereocenters. The number of carboxylic acid groups (broad SMARTS) is 1. The Morgan fingerprint density at radius 3 is 2.54 bits per heavy atom. The van der Waals surface area contributed by atoms with Gasteiger partial charge in [0, 0.05) is 19.7 Å². The molecular formula is C20H26N2O4. The van der Waals surface area contributed by atoms with Gasteiger partial charge in [0.05, 0.1) is 18.4 Å². The lowest BCUT2D eigenvalue weighted by molar-refractivity contribution is -0.142. The quantitative estimate of drug-likeness (QED) is 0.785. The number of nitrogens with one attached hydrogen (secondary N) is 1. The molecule has 0 saturated heterocycles. The van der Waals surface area contributed by atoms with Gasteiger partial charge >= 0.3 is 5.97 Å². The first-order chi connectivity index (χ1) is 12.3. The Bertz CT molecular complexity index is 712. The van der Waals surface area contributed by atoms with Crippen molar-refractivity contribution in [3.8, 4) is 0 Å². The maximum absolute atomic E-state index is 12.4. The van der Waals surface area contributed by atoms with Crippen molar-refractivity contribution in [3.05, 3.63) is 41.6 Å². The molecular weight excluding hydrogens is 332 g/mol. The number of hydrogen-bond donors (Lipinski definition) is 2. The fourth-order valence-corrected chi connectivity index (χ4v) is 3.24. The Morgan fingerprint density at radius 2 is 1.92 bits per heavy atom. The van der Waals surface area contributed by atoms with Crippen LogP contribution in [-0.4, -0.2) is 34.3 Å². The van der Waals surface area contributed by atoms with Gasteiger partial charge in [0.1, 0.15) is 0 Å². The molecule has 1 heterocycles. The van der Waals surface area contributed by atoms with E-state index >= 15 is 0 Å². The second-order valence-corrected chi connectivity index (χ2v) is 7.06. The first-order valence-electron chi connectivity index (χ1n) is 8.85. The minimum absolute atomic E-state index is 0.0922. The Balaban J connectivity index is 2.07. The SMILES string of the molecule is CC(=O)N1C=Cc2ccccc2[C@H]1CC(=O)NC[C@@H](CC(C)C)C(=O)O. The molecule has 2 N–H and O–H groups in total. The molecule has 1 aliphatic heterocycles. The van der Waals surface area contributed by atoms with Crippen molar-refractivity contribution >= 4 is 23.9 Å². The molecule has 1 aromatic rings. The maximum Gasteiger partial charge on any atom is 0.308 e. The first kappa shape index (κ1) is 19.7. The fraction of sp³-hybridized carbons (Fsp3) is 0.450. The Morgan fingerprint density at radius 1 is 1.23 bits per heavy atom. The second kappa shape index (κ2) is 8.65. The van der Waals surface area contributed by atoms with E-state index < -0.39 is 11.9 Å². The highest BCUT2D eigenvalue weighted by atomic mass is 16.4. The van der Waals surface area contributed by atoms with Crippen LogP contribution in [0.1, 0.15) is 50.8 Å². The zero-order valence-electron chi connectivity index (χ0n) is 15.4. The van der Waals surface area contributed by atoms with Crippen molar-refractivity contribution in [1.29, 1.82) is 0 Å². The van der Waals surface area contributed by atoms with Gasteiger partial charge in [0.2, 0.25) is 11.8 Å². The van der Waals surface area contributed by atoms with Crippen molar-refractivity contribution < 1.29 is 19.5 Å². The lowest BCUT2D eigenvalue weighted by Gasteiger charge is -2.32. The number of carboxylic acids is 1. The predicted octanol–water partition coefficient (Wildman–Crippen LogP) is 2.81. The number of benzene rings is 1. The van der Waals surface area contributed by atoms with Crippen molar-refractivity contribution in [3.63, 3.8) is 0 Å². The molecule has 6 nitrogen and oxygen atoms in total. The summed E-state index contributed by atoms with van der Waals surface area (Å²) in [5.74, 6) is -1.69. The third-order valence-corrected chi connectivity index (χ3v) is 4.50. The van der Waals surface area contributed by atoms with Crippen LogP contribution in [0.2, 0.25) is 0 Å². The molecule has 2 amide bonds. The van der Waals surface area contributed by atoms with Crippen molar-refractivity contribution in [2.75, 3.05) is 6.54 Å². The number of carbonyl (C=O) groups excluding carboxylic acids is 2. The third-order valence-electron chi connectivity index (χ3n) is 4.50. The molecule has 140 valence electrons. The number of rotatable bonds is 7. The van der Waals surface area contributed by atoms with Gasteiger partial charge in [-0.25, -0.2) is 0 Å². The summed E-state index contributed by atoms with van der Waals surface area (Å²) in [6.45, 7) is 5.46. The molecule has 6 heteroatoms. The monoisotopic (exact) mass is 358 g/mol. The lowest BCUT2D eigenvalue weighted by Crippen LogP contribution is -2.38. The molecule has 1 aliphatic rings. The van der Waals surface area contributed by atoms with Gasteiger partial charge in [-0.15, -0.1) is 0 Å². The van der Waals surface area contributed by atoms with E-state index in [1.165, 1.54) is 6.92 Å². The average Bonchev–Trinajstić information content (AvgIpc) is 2.58. The molecule has 26 heavy (non-hydrogen) atoms. The molecule has 0 fully saturated rings. The van der Waals surface area contributed by atoms with E-state index in [-0.39, 0.29) is 36.7 Å². The van der Waals surface area contributed by atoms with E-state index in [2.05, 4.69) is 5.32 Å². The van der Waals surface area contributed by atoms with Crippen LogP contribution in [-0.2, 0) is 14.4 Å². The summed E-state index contributed by atoms with van der Waals surface area (Å²) < 4.78 is 0. The van der Waals surface area contributed by atoms with Crippen LogP contribution in [0.3, 0.4) is 0 Å². The minimum atomic E-state index is -0.907. The van der Waals surface area contributed by atoms with Crippen LogP contribution in [0, 0.1) is 11.8 Å². The highest BCUT2D eigenvalue weighted by Crippen LogP contribution is 2.32. The summed E-state index contributed by atoms with van der Waals surface area (Å²) >= 11 is 0. The molecule has 0 spiro atoms. The van der Waals surface area contributed by atoms with Crippen molar-refractivity contribution in [2.45, 2.75) is 39.7 Å². The standard InChI is InChI=1S/C20H26N2O4/c1-13(2)10-16(20(25)26)12-21-19(24)11-18-17-7-5-4-6-15(17)8-9-22(18)14(3)23/h4-9,13,16,18H,10-12H2,1-3H3,(H,21,24)(H,25,26)/t16-,18-/m1/s1. The van der Waals surface area contributed by atoms with E-state index in [0.717, 1.165) is 11.1 Å². The van der Waals surface area contributed by atoms with Gasteiger partial charge < -0.3 is 15.3 Å². The molecule has 1 aromatic carbocycles. The Hall–Kier alpha value is -2.63. The number of hydrogen-bond acceptors (Lipinski definition) is 3. The average molecular weight is 358 g/mol. The minimum Gasteiger partial charge on any atom is -0.481 e. The molecule has 2 rings (SSSR count). The molecule has 0 aliphatic carbocycles. The predicted molar refractivity (Wildman–Crippen MR) is 98.9 cm³/mol. The number of nitrogens with zero attached hydrogens (tertiary/aromatic N) is 1. The Labute approximate surface area is 153 Å². The zero-order chi connectivity index (χ0) is 19.3. The summed E-state index contributed by atoms with van der Waals surface area (Å²) in [7, 11) is 0. The number of amides is 2. The van der Waals surface area contributed by atoms with Gasteiger partial charge in [-0.3, -0.25) is 14.4 Å². The summed E-state index contributed by atoms with van der Waals surface area (Å²) in [6, 6.07) is 7.25. The number of aliphatic carboxylic acids is 1. The lowest BCUT2D eigenvalue weighted by atomic mass is 9.93. The number of carbonyl (C=O) groups is 3. The smallest absolute Gasteiger partial charge is 0.308 e. The van der Waals surface area contributed by atoms with E-state index in [0.29, 0.717) is 6.42 Å². The topological polar surface area (TPSA) is 86.7 Å². The second-order valence-electron chi connectivity index (χ2n) is 7.06. The van der Waals surface area contributed by atoms with Gasteiger partial charge in [-0.1, -0.05) is 38.1 Å². The van der Waals surface area contributed by atoms with Crippen LogP contribution < -0.4 is 5.32 Å². The van der Waals surface area contributed by atoms with Gasteiger partial charge in [0.25, 0.3) is 0 Å².